The van der Waals surface area contributed by atoms with Crippen LogP contribution >= 0.6 is 11.8 Å². The number of benzene rings is 1. The van der Waals surface area contributed by atoms with Gasteiger partial charge < -0.3 is 4.90 Å². The quantitative estimate of drug-likeness (QED) is 0.627. The third-order valence-electron chi connectivity index (χ3n) is 2.58. The van der Waals surface area contributed by atoms with Gasteiger partial charge in [0.05, 0.1) is 10.8 Å². The topological polar surface area (TPSA) is 46.1 Å². The Kier molecular flexibility index (Phi) is 3.81. The molecule has 0 fully saturated rings. The first-order chi connectivity index (χ1) is 8.59. The molecule has 1 atom stereocenters. The number of aromatic nitrogens is 2. The molecule has 4 nitrogen and oxygen atoms in total. The molecule has 18 heavy (non-hydrogen) atoms. The van der Waals surface area contributed by atoms with Gasteiger partial charge in [0.15, 0.2) is 0 Å². The fraction of sp³-hybridized carbons (Fsp3) is 0.308. The number of para-hydroxylation sites is 1. The van der Waals surface area contributed by atoms with E-state index in [-0.39, 0.29) is 11.2 Å². The fourth-order valence-electron chi connectivity index (χ4n) is 1.66. The predicted molar refractivity (Wildman–Crippen MR) is 73.6 cm³/mol. The highest BCUT2D eigenvalue weighted by Gasteiger charge is 2.18. The summed E-state index contributed by atoms with van der Waals surface area (Å²) in [6.45, 7) is 1.89. The number of carbonyl (C=O) groups is 1. The highest BCUT2D eigenvalue weighted by atomic mass is 32.2. The molecule has 5 heteroatoms. The number of nitrogens with zero attached hydrogens (tertiary/aromatic N) is 3. The van der Waals surface area contributed by atoms with Gasteiger partial charge in [-0.15, -0.1) is 0 Å². The third-order valence-corrected chi connectivity index (χ3v) is 3.69. The molecule has 0 saturated heterocycles. The lowest BCUT2D eigenvalue weighted by Crippen LogP contribution is -2.29. The number of rotatable bonds is 3. The summed E-state index contributed by atoms with van der Waals surface area (Å²) in [6, 6.07) is 7.82. The molecule has 2 aromatic rings. The average Bonchev–Trinajstić information content (AvgIpc) is 2.38. The van der Waals surface area contributed by atoms with Gasteiger partial charge in [0.25, 0.3) is 0 Å². The van der Waals surface area contributed by atoms with Crippen LogP contribution in [0.2, 0.25) is 0 Å². The van der Waals surface area contributed by atoms with Crippen LogP contribution < -0.4 is 0 Å². The van der Waals surface area contributed by atoms with Crippen molar-refractivity contribution in [3.8, 4) is 0 Å². The first-order valence-corrected chi connectivity index (χ1v) is 6.55. The number of fused-ring (bicyclic) bond motifs is 1. The SMILES string of the molecule is C[C@H](Sc1ncnc2ccccc12)C(=O)N(C)C. The molecule has 1 aromatic carbocycles. The smallest absolute Gasteiger partial charge is 0.235 e. The minimum absolute atomic E-state index is 0.0858. The molecule has 94 valence electrons. The Hall–Kier alpha value is -1.62. The summed E-state index contributed by atoms with van der Waals surface area (Å²) in [7, 11) is 3.52. The Bertz CT molecular complexity index is 566. The van der Waals surface area contributed by atoms with Crippen LogP contribution in [-0.4, -0.2) is 40.1 Å². The van der Waals surface area contributed by atoms with Gasteiger partial charge in [0, 0.05) is 19.5 Å². The molecular formula is C13H15N3OS. The molecule has 1 aromatic heterocycles. The Morgan fingerprint density at radius 2 is 2.00 bits per heavy atom. The van der Waals surface area contributed by atoms with E-state index in [0.29, 0.717) is 0 Å². The van der Waals surface area contributed by atoms with Crippen molar-refractivity contribution in [2.75, 3.05) is 14.1 Å². The predicted octanol–water partition coefficient (Wildman–Crippen LogP) is 2.20. The summed E-state index contributed by atoms with van der Waals surface area (Å²) in [6.07, 6.45) is 1.54. The molecule has 2 rings (SSSR count). The van der Waals surface area contributed by atoms with Gasteiger partial charge in [0.1, 0.15) is 11.4 Å². The second-order valence-electron chi connectivity index (χ2n) is 4.19. The lowest BCUT2D eigenvalue weighted by Gasteiger charge is -2.16. The van der Waals surface area contributed by atoms with Crippen molar-refractivity contribution in [2.24, 2.45) is 0 Å². The minimum Gasteiger partial charge on any atom is -0.348 e. The molecular weight excluding hydrogens is 246 g/mol. The lowest BCUT2D eigenvalue weighted by molar-refractivity contribution is -0.127. The maximum Gasteiger partial charge on any atom is 0.235 e. The summed E-state index contributed by atoms with van der Waals surface area (Å²) in [5.41, 5.74) is 0.902. The van der Waals surface area contributed by atoms with Gasteiger partial charge >= 0.3 is 0 Å². The summed E-state index contributed by atoms with van der Waals surface area (Å²) in [5.74, 6) is 0.0858. The van der Waals surface area contributed by atoms with E-state index in [2.05, 4.69) is 9.97 Å². The van der Waals surface area contributed by atoms with Gasteiger partial charge in [-0.25, -0.2) is 9.97 Å². The fourth-order valence-corrected chi connectivity index (χ4v) is 2.71. The first kappa shape index (κ1) is 12.8. The largest absolute Gasteiger partial charge is 0.348 e. The molecule has 1 heterocycles. The van der Waals surface area contributed by atoms with E-state index in [4.69, 9.17) is 0 Å². The van der Waals surface area contributed by atoms with Crippen molar-refractivity contribution in [1.82, 2.24) is 14.9 Å². The van der Waals surface area contributed by atoms with Crippen LogP contribution in [0.15, 0.2) is 35.6 Å². The van der Waals surface area contributed by atoms with E-state index in [1.54, 1.807) is 19.0 Å². The number of thioether (sulfide) groups is 1. The second kappa shape index (κ2) is 5.35. The number of hydrogen-bond donors (Lipinski definition) is 0. The summed E-state index contributed by atoms with van der Waals surface area (Å²) < 4.78 is 0. The second-order valence-corrected chi connectivity index (χ2v) is 5.52. The standard InChI is InChI=1S/C13H15N3OS/c1-9(13(17)16(2)3)18-12-10-6-4-5-7-11(10)14-8-15-12/h4-9H,1-3H3/t9-/m0/s1. The monoisotopic (exact) mass is 261 g/mol. The van der Waals surface area contributed by atoms with Crippen molar-refractivity contribution in [2.45, 2.75) is 17.2 Å². The van der Waals surface area contributed by atoms with Crippen LogP contribution in [-0.2, 0) is 4.79 Å². The van der Waals surface area contributed by atoms with Crippen LogP contribution in [0.3, 0.4) is 0 Å². The van der Waals surface area contributed by atoms with Crippen molar-refractivity contribution < 1.29 is 4.79 Å². The Labute approximate surface area is 110 Å². The van der Waals surface area contributed by atoms with Crippen molar-refractivity contribution in [3.05, 3.63) is 30.6 Å². The van der Waals surface area contributed by atoms with E-state index >= 15 is 0 Å². The number of amides is 1. The van der Waals surface area contributed by atoms with Crippen molar-refractivity contribution in [1.29, 1.82) is 0 Å². The summed E-state index contributed by atoms with van der Waals surface area (Å²) in [5, 5.41) is 1.69. The maximum absolute atomic E-state index is 11.8. The van der Waals surface area contributed by atoms with Crippen LogP contribution in [0.5, 0.6) is 0 Å². The van der Waals surface area contributed by atoms with E-state index in [1.165, 1.54) is 18.1 Å². The molecule has 0 radical (unpaired) electrons. The van der Waals surface area contributed by atoms with E-state index < -0.39 is 0 Å². The van der Waals surface area contributed by atoms with E-state index in [1.807, 2.05) is 31.2 Å². The van der Waals surface area contributed by atoms with Crippen LogP contribution in [0, 0.1) is 0 Å². The zero-order chi connectivity index (χ0) is 13.1. The average molecular weight is 261 g/mol. The number of carbonyl (C=O) groups excluding carboxylic acids is 1. The Morgan fingerprint density at radius 1 is 1.28 bits per heavy atom. The van der Waals surface area contributed by atoms with Crippen molar-refractivity contribution >= 4 is 28.6 Å². The maximum atomic E-state index is 11.8. The van der Waals surface area contributed by atoms with Crippen LogP contribution in [0.25, 0.3) is 10.9 Å². The number of hydrogen-bond acceptors (Lipinski definition) is 4. The lowest BCUT2D eigenvalue weighted by atomic mass is 10.2. The Morgan fingerprint density at radius 3 is 2.72 bits per heavy atom. The molecule has 0 spiro atoms. The van der Waals surface area contributed by atoms with Gasteiger partial charge in [-0.2, -0.15) is 0 Å². The van der Waals surface area contributed by atoms with Gasteiger partial charge in [-0.3, -0.25) is 4.79 Å². The highest BCUT2D eigenvalue weighted by molar-refractivity contribution is 8.00. The first-order valence-electron chi connectivity index (χ1n) is 5.67. The highest BCUT2D eigenvalue weighted by Crippen LogP contribution is 2.28. The van der Waals surface area contributed by atoms with Gasteiger partial charge in [-0.1, -0.05) is 30.0 Å². The molecule has 0 N–H and O–H groups in total. The normalized spacial score (nSPS) is 12.4. The third kappa shape index (κ3) is 2.61. The molecule has 0 saturated carbocycles. The van der Waals surface area contributed by atoms with Gasteiger partial charge in [0.2, 0.25) is 5.91 Å². The zero-order valence-corrected chi connectivity index (χ0v) is 11.4. The van der Waals surface area contributed by atoms with Crippen LogP contribution in [0.4, 0.5) is 0 Å². The Balaban J connectivity index is 2.29. The molecule has 0 aliphatic rings. The molecule has 0 aliphatic carbocycles. The van der Waals surface area contributed by atoms with E-state index in [9.17, 15) is 4.79 Å². The molecule has 0 aliphatic heterocycles. The zero-order valence-electron chi connectivity index (χ0n) is 10.6. The summed E-state index contributed by atoms with van der Waals surface area (Å²) in [4.78, 5) is 21.9. The van der Waals surface area contributed by atoms with E-state index in [0.717, 1.165) is 15.9 Å². The van der Waals surface area contributed by atoms with Crippen molar-refractivity contribution in [3.63, 3.8) is 0 Å². The molecule has 0 bridgehead atoms. The molecule has 0 unspecified atom stereocenters. The van der Waals surface area contributed by atoms with Gasteiger partial charge in [-0.05, 0) is 13.0 Å². The minimum atomic E-state index is -0.154. The molecule has 1 amide bonds. The van der Waals surface area contributed by atoms with Crippen LogP contribution in [0.1, 0.15) is 6.92 Å². The summed E-state index contributed by atoms with van der Waals surface area (Å²) >= 11 is 1.47.